The largest absolute Gasteiger partial charge is 0.316 e. The summed E-state index contributed by atoms with van der Waals surface area (Å²) in [5.41, 5.74) is 0. The molecular formula is C16H35N3. The van der Waals surface area contributed by atoms with Gasteiger partial charge in [-0.1, -0.05) is 20.8 Å². The maximum absolute atomic E-state index is 3.55. The minimum Gasteiger partial charge on any atom is -0.316 e. The van der Waals surface area contributed by atoms with Gasteiger partial charge in [-0.05, 0) is 65.3 Å². The molecule has 3 heteroatoms. The molecule has 3 unspecified atom stereocenters. The van der Waals surface area contributed by atoms with E-state index in [0.717, 1.165) is 19.1 Å². The lowest BCUT2D eigenvalue weighted by atomic mass is 10.0. The zero-order chi connectivity index (χ0) is 14.3. The van der Waals surface area contributed by atoms with Gasteiger partial charge in [0.1, 0.15) is 0 Å². The molecule has 3 nitrogen and oxygen atoms in total. The van der Waals surface area contributed by atoms with Gasteiger partial charge in [-0.25, -0.2) is 0 Å². The predicted molar refractivity (Wildman–Crippen MR) is 84.7 cm³/mol. The molecule has 114 valence electrons. The second kappa shape index (κ2) is 8.93. The second-order valence-corrected chi connectivity index (χ2v) is 6.29. The normalized spacial score (nSPS) is 24.0. The fourth-order valence-electron chi connectivity index (χ4n) is 3.13. The smallest absolute Gasteiger partial charge is 0.0223 e. The fraction of sp³-hybridized carbons (Fsp3) is 1.00. The van der Waals surface area contributed by atoms with Crippen molar-refractivity contribution in [3.63, 3.8) is 0 Å². The maximum atomic E-state index is 3.55. The minimum absolute atomic E-state index is 0.656. The number of nitrogens with zero attached hydrogens (tertiary/aromatic N) is 2. The van der Waals surface area contributed by atoms with Gasteiger partial charge in [-0.15, -0.1) is 0 Å². The first-order chi connectivity index (χ1) is 9.10. The lowest BCUT2D eigenvalue weighted by Gasteiger charge is -2.34. The number of likely N-dealkylation sites (tertiary alicyclic amines) is 1. The first-order valence-electron chi connectivity index (χ1n) is 8.25. The summed E-state index contributed by atoms with van der Waals surface area (Å²) in [4.78, 5) is 5.21. The third kappa shape index (κ3) is 5.41. The van der Waals surface area contributed by atoms with E-state index < -0.39 is 0 Å². The molecule has 19 heavy (non-hydrogen) atoms. The van der Waals surface area contributed by atoms with Crippen LogP contribution in [-0.4, -0.2) is 61.7 Å². The molecule has 0 aliphatic carbocycles. The van der Waals surface area contributed by atoms with Gasteiger partial charge in [0.05, 0.1) is 0 Å². The molecule has 3 atom stereocenters. The van der Waals surface area contributed by atoms with Crippen LogP contribution in [0.4, 0.5) is 0 Å². The van der Waals surface area contributed by atoms with Gasteiger partial charge in [0.25, 0.3) is 0 Å². The van der Waals surface area contributed by atoms with E-state index in [2.05, 4.69) is 49.9 Å². The Morgan fingerprint density at radius 1 is 1.32 bits per heavy atom. The number of hydrogen-bond acceptors (Lipinski definition) is 3. The lowest BCUT2D eigenvalue weighted by Crippen LogP contribution is -2.45. The minimum atomic E-state index is 0.656. The van der Waals surface area contributed by atoms with E-state index >= 15 is 0 Å². The molecule has 1 N–H and O–H groups in total. The molecule has 0 aromatic heterocycles. The molecule has 1 aliphatic rings. The van der Waals surface area contributed by atoms with Crippen LogP contribution in [0.2, 0.25) is 0 Å². The highest BCUT2D eigenvalue weighted by Gasteiger charge is 2.26. The van der Waals surface area contributed by atoms with E-state index in [-0.39, 0.29) is 0 Å². The number of nitrogens with one attached hydrogen (secondary N) is 1. The van der Waals surface area contributed by atoms with Crippen LogP contribution in [-0.2, 0) is 0 Å². The Morgan fingerprint density at radius 2 is 2.05 bits per heavy atom. The summed E-state index contributed by atoms with van der Waals surface area (Å²) in [6.45, 7) is 15.3. The van der Waals surface area contributed by atoms with Gasteiger partial charge in [-0.3, -0.25) is 4.90 Å². The first kappa shape index (κ1) is 16.9. The molecule has 1 aliphatic heterocycles. The van der Waals surface area contributed by atoms with Crippen LogP contribution in [0.3, 0.4) is 0 Å². The average Bonchev–Trinajstić information content (AvgIpc) is 2.85. The highest BCUT2D eigenvalue weighted by atomic mass is 15.2. The van der Waals surface area contributed by atoms with Gasteiger partial charge in [-0.2, -0.15) is 0 Å². The Hall–Kier alpha value is -0.120. The summed E-state index contributed by atoms with van der Waals surface area (Å²) in [6.07, 6.45) is 3.99. The van der Waals surface area contributed by atoms with Crippen molar-refractivity contribution in [1.82, 2.24) is 15.1 Å². The van der Waals surface area contributed by atoms with Crippen molar-refractivity contribution < 1.29 is 0 Å². The molecule has 0 amide bonds. The monoisotopic (exact) mass is 269 g/mol. The topological polar surface area (TPSA) is 18.5 Å². The van der Waals surface area contributed by atoms with Crippen LogP contribution in [0.15, 0.2) is 0 Å². The second-order valence-electron chi connectivity index (χ2n) is 6.29. The Bertz CT molecular complexity index is 232. The SMILES string of the molecule is CCCNCC(C)C(C)N(C)CC1CCCN1CC. The number of hydrogen-bond donors (Lipinski definition) is 1. The van der Waals surface area contributed by atoms with Crippen LogP contribution >= 0.6 is 0 Å². The number of likely N-dealkylation sites (N-methyl/N-ethyl adjacent to an activating group) is 2. The molecule has 0 radical (unpaired) electrons. The van der Waals surface area contributed by atoms with Gasteiger partial charge in [0.2, 0.25) is 0 Å². The molecule has 1 fully saturated rings. The summed E-state index contributed by atoms with van der Waals surface area (Å²) in [5, 5.41) is 3.55. The molecular weight excluding hydrogens is 234 g/mol. The molecule has 1 rings (SSSR count). The van der Waals surface area contributed by atoms with Crippen molar-refractivity contribution in [1.29, 1.82) is 0 Å². The van der Waals surface area contributed by atoms with Crippen LogP contribution in [0.1, 0.15) is 47.0 Å². The van der Waals surface area contributed by atoms with E-state index in [1.54, 1.807) is 0 Å². The fourth-order valence-corrected chi connectivity index (χ4v) is 3.13. The third-order valence-corrected chi connectivity index (χ3v) is 4.82. The van der Waals surface area contributed by atoms with Crippen LogP contribution < -0.4 is 5.32 Å². The molecule has 0 aromatic rings. The van der Waals surface area contributed by atoms with E-state index in [0.29, 0.717) is 12.0 Å². The Morgan fingerprint density at radius 3 is 2.68 bits per heavy atom. The Labute approximate surface area is 120 Å². The first-order valence-corrected chi connectivity index (χ1v) is 8.25. The van der Waals surface area contributed by atoms with E-state index in [9.17, 15) is 0 Å². The van der Waals surface area contributed by atoms with Gasteiger partial charge in [0, 0.05) is 18.6 Å². The molecule has 1 heterocycles. The summed E-state index contributed by atoms with van der Waals surface area (Å²) in [6, 6.07) is 1.44. The molecule has 0 aromatic carbocycles. The highest BCUT2D eigenvalue weighted by Crippen LogP contribution is 2.19. The van der Waals surface area contributed by atoms with E-state index in [1.807, 2.05) is 0 Å². The summed E-state index contributed by atoms with van der Waals surface area (Å²) >= 11 is 0. The molecule has 0 spiro atoms. The van der Waals surface area contributed by atoms with Crippen LogP contribution in [0, 0.1) is 5.92 Å². The molecule has 0 bridgehead atoms. The summed E-state index contributed by atoms with van der Waals surface area (Å²) in [5.74, 6) is 0.716. The summed E-state index contributed by atoms with van der Waals surface area (Å²) < 4.78 is 0. The van der Waals surface area contributed by atoms with Crippen molar-refractivity contribution in [2.75, 3.05) is 39.8 Å². The standard InChI is InChI=1S/C16H35N3/c1-6-10-17-12-14(3)15(4)18(5)13-16-9-8-11-19(16)7-2/h14-17H,6-13H2,1-5H3. The summed E-state index contributed by atoms with van der Waals surface area (Å²) in [7, 11) is 2.30. The zero-order valence-corrected chi connectivity index (χ0v) is 13.8. The average molecular weight is 269 g/mol. The predicted octanol–water partition coefficient (Wildman–Crippen LogP) is 2.43. The zero-order valence-electron chi connectivity index (χ0n) is 13.8. The van der Waals surface area contributed by atoms with Crippen molar-refractivity contribution in [2.24, 2.45) is 5.92 Å². The maximum Gasteiger partial charge on any atom is 0.0223 e. The molecule has 0 saturated carbocycles. The van der Waals surface area contributed by atoms with Crippen molar-refractivity contribution in [3.05, 3.63) is 0 Å². The van der Waals surface area contributed by atoms with E-state index in [4.69, 9.17) is 0 Å². The van der Waals surface area contributed by atoms with Crippen molar-refractivity contribution >= 4 is 0 Å². The lowest BCUT2D eigenvalue weighted by molar-refractivity contribution is 0.141. The van der Waals surface area contributed by atoms with Crippen LogP contribution in [0.25, 0.3) is 0 Å². The Kier molecular flexibility index (Phi) is 7.96. The highest BCUT2D eigenvalue weighted by molar-refractivity contribution is 4.83. The van der Waals surface area contributed by atoms with Crippen molar-refractivity contribution in [3.8, 4) is 0 Å². The van der Waals surface area contributed by atoms with Gasteiger partial charge >= 0.3 is 0 Å². The van der Waals surface area contributed by atoms with E-state index in [1.165, 1.54) is 38.9 Å². The van der Waals surface area contributed by atoms with Crippen molar-refractivity contribution in [2.45, 2.75) is 59.0 Å². The number of rotatable bonds is 9. The quantitative estimate of drug-likeness (QED) is 0.649. The Balaban J connectivity index is 2.32. The third-order valence-electron chi connectivity index (χ3n) is 4.82. The van der Waals surface area contributed by atoms with Crippen LogP contribution in [0.5, 0.6) is 0 Å². The molecule has 1 saturated heterocycles. The van der Waals surface area contributed by atoms with Gasteiger partial charge < -0.3 is 10.2 Å². The van der Waals surface area contributed by atoms with Gasteiger partial charge in [0.15, 0.2) is 0 Å².